The molecule has 0 saturated heterocycles. The highest BCUT2D eigenvalue weighted by atomic mass is 35.5. The average molecular weight is 315 g/mol. The predicted molar refractivity (Wildman–Crippen MR) is 86.2 cm³/mol. The van der Waals surface area contributed by atoms with Crippen molar-refractivity contribution in [2.75, 3.05) is 7.11 Å². The molecule has 0 bridgehead atoms. The average Bonchev–Trinajstić information content (AvgIpc) is 2.55. The zero-order chi connectivity index (χ0) is 15.7. The lowest BCUT2D eigenvalue weighted by atomic mass is 9.90. The van der Waals surface area contributed by atoms with Crippen LogP contribution >= 0.6 is 11.6 Å². The van der Waals surface area contributed by atoms with Gasteiger partial charge in [0.2, 0.25) is 0 Å². The first-order chi connectivity index (χ1) is 10.5. The molecule has 0 aliphatic heterocycles. The Morgan fingerprint density at radius 2 is 1.82 bits per heavy atom. The minimum absolute atomic E-state index is 0.519. The zero-order valence-electron chi connectivity index (χ0n) is 12.2. The Morgan fingerprint density at radius 1 is 1.09 bits per heavy atom. The second-order valence-electron chi connectivity index (χ2n) is 5.16. The molecular formula is C17H15ClN2O2. The number of methoxy groups -OCH3 is 1. The summed E-state index contributed by atoms with van der Waals surface area (Å²) in [5, 5.41) is 12.3. The summed E-state index contributed by atoms with van der Waals surface area (Å²) in [6.07, 6.45) is 1.42. The van der Waals surface area contributed by atoms with Gasteiger partial charge in [-0.15, -0.1) is 0 Å². The van der Waals surface area contributed by atoms with Gasteiger partial charge >= 0.3 is 0 Å². The Labute approximate surface area is 133 Å². The Bertz CT molecular complexity index is 817. The van der Waals surface area contributed by atoms with Crippen molar-refractivity contribution in [2.24, 2.45) is 0 Å². The van der Waals surface area contributed by atoms with E-state index in [0.717, 1.165) is 11.1 Å². The lowest BCUT2D eigenvalue weighted by Crippen LogP contribution is -2.24. The van der Waals surface area contributed by atoms with E-state index in [1.165, 1.54) is 6.33 Å². The Morgan fingerprint density at radius 3 is 2.50 bits per heavy atom. The maximum Gasteiger partial charge on any atom is 0.129 e. The maximum atomic E-state index is 11.0. The molecule has 1 atom stereocenters. The van der Waals surface area contributed by atoms with Crippen LogP contribution in [0.2, 0.25) is 5.02 Å². The van der Waals surface area contributed by atoms with Crippen molar-refractivity contribution in [3.8, 4) is 5.75 Å². The third kappa shape index (κ3) is 2.40. The van der Waals surface area contributed by atoms with Crippen LogP contribution in [0.4, 0.5) is 0 Å². The molecule has 4 nitrogen and oxygen atoms in total. The van der Waals surface area contributed by atoms with Crippen LogP contribution in [0.25, 0.3) is 10.9 Å². The Balaban J connectivity index is 2.18. The maximum absolute atomic E-state index is 11.0. The highest BCUT2D eigenvalue weighted by Gasteiger charge is 2.29. The van der Waals surface area contributed by atoms with Gasteiger partial charge < -0.3 is 9.84 Å². The lowest BCUT2D eigenvalue weighted by molar-refractivity contribution is 0.0990. The highest BCUT2D eigenvalue weighted by molar-refractivity contribution is 6.35. The molecule has 1 aromatic heterocycles. The van der Waals surface area contributed by atoms with Crippen LogP contribution < -0.4 is 4.74 Å². The normalized spacial score (nSPS) is 13.8. The number of ether oxygens (including phenoxy) is 1. The van der Waals surface area contributed by atoms with Crippen molar-refractivity contribution >= 4 is 22.5 Å². The molecule has 0 amide bonds. The van der Waals surface area contributed by atoms with E-state index in [1.807, 2.05) is 24.3 Å². The SMILES string of the molecule is COc1ccc(C(C)(O)c2ncnc3c(Cl)cccc23)cc1. The Kier molecular flexibility index (Phi) is 3.72. The molecule has 112 valence electrons. The van der Waals surface area contributed by atoms with Gasteiger partial charge in [-0.05, 0) is 30.7 Å². The van der Waals surface area contributed by atoms with Gasteiger partial charge in [-0.3, -0.25) is 0 Å². The van der Waals surface area contributed by atoms with E-state index in [-0.39, 0.29) is 0 Å². The predicted octanol–water partition coefficient (Wildman–Crippen LogP) is 3.55. The molecule has 0 aliphatic carbocycles. The Hall–Kier alpha value is -2.17. The molecule has 0 saturated carbocycles. The summed E-state index contributed by atoms with van der Waals surface area (Å²) in [6, 6.07) is 12.7. The number of aromatic nitrogens is 2. The van der Waals surface area contributed by atoms with Gasteiger partial charge in [-0.1, -0.05) is 35.9 Å². The summed E-state index contributed by atoms with van der Waals surface area (Å²) in [7, 11) is 1.60. The summed E-state index contributed by atoms with van der Waals surface area (Å²) in [5.74, 6) is 0.732. The van der Waals surface area contributed by atoms with Crippen LogP contribution in [-0.2, 0) is 5.60 Å². The van der Waals surface area contributed by atoms with Crippen LogP contribution in [0.15, 0.2) is 48.8 Å². The van der Waals surface area contributed by atoms with E-state index in [9.17, 15) is 5.11 Å². The summed E-state index contributed by atoms with van der Waals surface area (Å²) in [4.78, 5) is 8.49. The van der Waals surface area contributed by atoms with E-state index in [0.29, 0.717) is 21.8 Å². The molecule has 0 radical (unpaired) electrons. The summed E-state index contributed by atoms with van der Waals surface area (Å²) < 4.78 is 5.15. The van der Waals surface area contributed by atoms with Gasteiger partial charge in [-0.25, -0.2) is 9.97 Å². The van der Waals surface area contributed by atoms with Gasteiger partial charge in [0.15, 0.2) is 0 Å². The van der Waals surface area contributed by atoms with Gasteiger partial charge in [0.25, 0.3) is 0 Å². The van der Waals surface area contributed by atoms with E-state index in [2.05, 4.69) is 9.97 Å². The second kappa shape index (κ2) is 5.55. The molecule has 1 unspecified atom stereocenters. The van der Waals surface area contributed by atoms with Crippen molar-refractivity contribution in [2.45, 2.75) is 12.5 Å². The number of hydrogen-bond acceptors (Lipinski definition) is 4. The molecule has 22 heavy (non-hydrogen) atoms. The van der Waals surface area contributed by atoms with E-state index >= 15 is 0 Å². The quantitative estimate of drug-likeness (QED) is 0.803. The summed E-state index contributed by atoms with van der Waals surface area (Å²) in [6.45, 7) is 1.71. The van der Waals surface area contributed by atoms with Crippen molar-refractivity contribution in [1.29, 1.82) is 0 Å². The van der Waals surface area contributed by atoms with Crippen molar-refractivity contribution in [3.05, 3.63) is 65.1 Å². The fourth-order valence-corrected chi connectivity index (χ4v) is 2.72. The van der Waals surface area contributed by atoms with Gasteiger partial charge in [0, 0.05) is 5.39 Å². The van der Waals surface area contributed by atoms with Crippen LogP contribution in [0, 0.1) is 0 Å². The first-order valence-corrected chi connectivity index (χ1v) is 7.18. The zero-order valence-corrected chi connectivity index (χ0v) is 13.0. The lowest BCUT2D eigenvalue weighted by Gasteiger charge is -2.24. The number of nitrogens with zero attached hydrogens (tertiary/aromatic N) is 2. The topological polar surface area (TPSA) is 55.2 Å². The number of rotatable bonds is 3. The molecule has 1 N–H and O–H groups in total. The van der Waals surface area contributed by atoms with Crippen molar-refractivity contribution in [3.63, 3.8) is 0 Å². The molecule has 0 aliphatic rings. The summed E-state index contributed by atoms with van der Waals surface area (Å²) >= 11 is 6.18. The van der Waals surface area contributed by atoms with Gasteiger partial charge in [-0.2, -0.15) is 0 Å². The van der Waals surface area contributed by atoms with Crippen LogP contribution in [0.3, 0.4) is 0 Å². The monoisotopic (exact) mass is 314 g/mol. The molecule has 0 spiro atoms. The number of halogens is 1. The van der Waals surface area contributed by atoms with Crippen LogP contribution in [0.1, 0.15) is 18.2 Å². The van der Waals surface area contributed by atoms with E-state index < -0.39 is 5.60 Å². The smallest absolute Gasteiger partial charge is 0.129 e. The molecule has 0 fully saturated rings. The fourth-order valence-electron chi connectivity index (χ4n) is 2.49. The number of benzene rings is 2. The van der Waals surface area contributed by atoms with Crippen LogP contribution in [0.5, 0.6) is 5.75 Å². The largest absolute Gasteiger partial charge is 0.497 e. The third-order valence-electron chi connectivity index (χ3n) is 3.73. The van der Waals surface area contributed by atoms with E-state index in [4.69, 9.17) is 16.3 Å². The first kappa shape index (κ1) is 14.8. The van der Waals surface area contributed by atoms with E-state index in [1.54, 1.807) is 32.2 Å². The second-order valence-corrected chi connectivity index (χ2v) is 5.57. The third-order valence-corrected chi connectivity index (χ3v) is 4.03. The van der Waals surface area contributed by atoms with Crippen molar-refractivity contribution in [1.82, 2.24) is 9.97 Å². The molecular weight excluding hydrogens is 300 g/mol. The molecule has 5 heteroatoms. The molecule has 1 heterocycles. The fraction of sp³-hybridized carbons (Fsp3) is 0.176. The highest BCUT2D eigenvalue weighted by Crippen LogP contribution is 2.34. The molecule has 2 aromatic carbocycles. The standard InChI is InChI=1S/C17H15ClN2O2/c1-17(21,11-6-8-12(22-2)9-7-11)16-13-4-3-5-14(18)15(13)19-10-20-16/h3-10,21H,1-2H3. The minimum Gasteiger partial charge on any atom is -0.497 e. The minimum atomic E-state index is -1.27. The molecule has 3 aromatic rings. The van der Waals surface area contributed by atoms with Gasteiger partial charge in [0.1, 0.15) is 17.7 Å². The number of fused-ring (bicyclic) bond motifs is 1. The first-order valence-electron chi connectivity index (χ1n) is 6.80. The summed E-state index contributed by atoms with van der Waals surface area (Å²) in [5.41, 5.74) is 0.597. The number of para-hydroxylation sites is 1. The van der Waals surface area contributed by atoms with Crippen molar-refractivity contribution < 1.29 is 9.84 Å². The van der Waals surface area contributed by atoms with Gasteiger partial charge in [0.05, 0.1) is 23.3 Å². The number of hydrogen-bond donors (Lipinski definition) is 1. The molecule has 3 rings (SSSR count). The van der Waals surface area contributed by atoms with Crippen LogP contribution in [-0.4, -0.2) is 22.2 Å². The number of aliphatic hydroxyl groups is 1.